The second-order valence-corrected chi connectivity index (χ2v) is 11.5. The minimum atomic E-state index is -0.118. The summed E-state index contributed by atoms with van der Waals surface area (Å²) in [6, 6.07) is 49.8. The normalized spacial score (nSPS) is 12.8. The van der Waals surface area contributed by atoms with Crippen molar-refractivity contribution in [2.45, 2.75) is 0 Å². The van der Waals surface area contributed by atoms with Crippen LogP contribution in [0.3, 0.4) is 0 Å². The van der Waals surface area contributed by atoms with Crippen LogP contribution in [0.25, 0.3) is 65.0 Å². The van der Waals surface area contributed by atoms with Gasteiger partial charge in [0, 0.05) is 21.5 Å². The Morgan fingerprint density at radius 2 is 0.767 bits per heavy atom. The Labute approximate surface area is 247 Å². The molecule has 1 aromatic heterocycles. The lowest BCUT2D eigenvalue weighted by atomic mass is 9.34. The Morgan fingerprint density at radius 1 is 0.349 bits per heavy atom. The van der Waals surface area contributed by atoms with E-state index in [4.69, 9.17) is 9.15 Å². The van der Waals surface area contributed by atoms with E-state index < -0.39 is 0 Å². The van der Waals surface area contributed by atoms with Crippen LogP contribution >= 0.6 is 0 Å². The summed E-state index contributed by atoms with van der Waals surface area (Å²) >= 11 is 0. The van der Waals surface area contributed by atoms with Crippen molar-refractivity contribution < 1.29 is 9.15 Å². The van der Waals surface area contributed by atoms with Crippen LogP contribution in [0, 0.1) is 0 Å². The van der Waals surface area contributed by atoms with Gasteiger partial charge in [0.1, 0.15) is 22.7 Å². The van der Waals surface area contributed by atoms with Crippen LogP contribution in [0.2, 0.25) is 0 Å². The van der Waals surface area contributed by atoms with Crippen LogP contribution in [0.15, 0.2) is 144 Å². The molecule has 0 aliphatic carbocycles. The van der Waals surface area contributed by atoms with Gasteiger partial charge in [-0.3, -0.25) is 0 Å². The molecule has 0 saturated carbocycles. The van der Waals surface area contributed by atoms with Crippen molar-refractivity contribution in [3.8, 4) is 11.5 Å². The molecule has 0 spiro atoms. The highest BCUT2D eigenvalue weighted by Crippen LogP contribution is 2.42. The zero-order valence-electron chi connectivity index (χ0n) is 23.2. The summed E-state index contributed by atoms with van der Waals surface area (Å²) < 4.78 is 13.9. The Balaban J connectivity index is 1.46. The van der Waals surface area contributed by atoms with Gasteiger partial charge in [0.2, 0.25) is 0 Å². The Kier molecular flexibility index (Phi) is 4.56. The molecule has 0 bridgehead atoms. The number of fused-ring (bicyclic) bond motifs is 15. The average molecular weight is 546 g/mol. The molecule has 0 fully saturated rings. The minimum Gasteiger partial charge on any atom is -0.457 e. The van der Waals surface area contributed by atoms with E-state index in [9.17, 15) is 0 Å². The first-order chi connectivity index (χ1) is 21.4. The molecule has 0 amide bonds. The fraction of sp³-hybridized carbons (Fsp3) is 0. The predicted molar refractivity (Wildman–Crippen MR) is 181 cm³/mol. The number of ether oxygens (including phenoxy) is 1. The van der Waals surface area contributed by atoms with Gasteiger partial charge in [-0.25, -0.2) is 0 Å². The van der Waals surface area contributed by atoms with Gasteiger partial charge >= 0.3 is 0 Å². The van der Waals surface area contributed by atoms with Gasteiger partial charge in [-0.15, -0.1) is 0 Å². The Morgan fingerprint density at radius 3 is 1.33 bits per heavy atom. The highest BCUT2D eigenvalue weighted by molar-refractivity contribution is 7.01. The molecule has 1 aliphatic heterocycles. The standard InChI is InChI=1S/C40H23BO2/c1-5-17-29-24(12-1)26-14-3-7-19-31(26)39-36(29)41(34-22-11-21-33-28-16-9-10-23-35(28)42-38(33)34)37-30-18-6-2-13-25(30)27-15-4-8-20-32(27)40(37)43-39/h1-23H. The van der Waals surface area contributed by atoms with Gasteiger partial charge in [0.05, 0.1) is 0 Å². The number of furan rings is 1. The molecule has 2 heterocycles. The van der Waals surface area contributed by atoms with E-state index in [1.807, 2.05) is 6.07 Å². The first-order valence-corrected chi connectivity index (χ1v) is 14.8. The van der Waals surface area contributed by atoms with Crippen LogP contribution in [0.4, 0.5) is 0 Å². The van der Waals surface area contributed by atoms with Crippen molar-refractivity contribution in [3.05, 3.63) is 140 Å². The second-order valence-electron chi connectivity index (χ2n) is 11.5. The summed E-state index contributed by atoms with van der Waals surface area (Å²) in [7, 11) is 0. The third-order valence-electron chi connectivity index (χ3n) is 9.37. The summed E-state index contributed by atoms with van der Waals surface area (Å²) in [4.78, 5) is 0. The molecule has 0 unspecified atom stereocenters. The highest BCUT2D eigenvalue weighted by Gasteiger charge is 2.39. The largest absolute Gasteiger partial charge is 0.457 e. The van der Waals surface area contributed by atoms with Crippen molar-refractivity contribution in [2.24, 2.45) is 0 Å². The van der Waals surface area contributed by atoms with Crippen LogP contribution in [-0.4, -0.2) is 6.71 Å². The van der Waals surface area contributed by atoms with Crippen molar-refractivity contribution >= 4 is 88.1 Å². The summed E-state index contributed by atoms with van der Waals surface area (Å²) in [6.45, 7) is -0.118. The van der Waals surface area contributed by atoms with E-state index in [1.54, 1.807) is 0 Å². The molecule has 0 radical (unpaired) electrons. The maximum Gasteiger partial charge on any atom is 0.257 e. The van der Waals surface area contributed by atoms with Gasteiger partial charge in [0.25, 0.3) is 6.71 Å². The van der Waals surface area contributed by atoms with E-state index in [1.165, 1.54) is 43.2 Å². The fourth-order valence-corrected chi connectivity index (χ4v) is 7.62. The van der Waals surface area contributed by atoms with E-state index in [0.29, 0.717) is 0 Å². The maximum atomic E-state index is 7.21. The quantitative estimate of drug-likeness (QED) is 0.152. The third-order valence-corrected chi connectivity index (χ3v) is 9.37. The number of rotatable bonds is 1. The van der Waals surface area contributed by atoms with E-state index in [0.717, 1.165) is 49.7 Å². The molecule has 43 heavy (non-hydrogen) atoms. The third kappa shape index (κ3) is 3.03. The van der Waals surface area contributed by atoms with Crippen molar-refractivity contribution in [2.75, 3.05) is 0 Å². The summed E-state index contributed by atoms with van der Waals surface area (Å²) in [5.41, 5.74) is 5.37. The second kappa shape index (κ2) is 8.50. The Hall–Kier alpha value is -5.54. The van der Waals surface area contributed by atoms with E-state index >= 15 is 0 Å². The highest BCUT2D eigenvalue weighted by atomic mass is 16.5. The molecule has 0 saturated heterocycles. The molecular weight excluding hydrogens is 523 g/mol. The van der Waals surface area contributed by atoms with Crippen LogP contribution in [-0.2, 0) is 0 Å². The topological polar surface area (TPSA) is 22.4 Å². The zero-order valence-corrected chi connectivity index (χ0v) is 23.2. The maximum absolute atomic E-state index is 7.21. The molecule has 8 aromatic carbocycles. The first kappa shape index (κ1) is 23.1. The number of hydrogen-bond acceptors (Lipinski definition) is 2. The monoisotopic (exact) mass is 546 g/mol. The SMILES string of the molecule is c1ccc2c(c1)oc1c(B3c4c(c5ccccc5c5ccccc45)Oc4c3c3ccccc3c3ccccc43)cccc12. The van der Waals surface area contributed by atoms with Crippen LogP contribution < -0.4 is 21.1 Å². The van der Waals surface area contributed by atoms with Crippen LogP contribution in [0.5, 0.6) is 11.5 Å². The lowest BCUT2D eigenvalue weighted by Crippen LogP contribution is -2.55. The molecule has 1 aliphatic rings. The Bertz CT molecular complexity index is 2490. The number of benzene rings is 8. The van der Waals surface area contributed by atoms with E-state index in [2.05, 4.69) is 133 Å². The summed E-state index contributed by atoms with van der Waals surface area (Å²) in [6.07, 6.45) is 0. The van der Waals surface area contributed by atoms with Gasteiger partial charge in [0.15, 0.2) is 0 Å². The van der Waals surface area contributed by atoms with Crippen molar-refractivity contribution in [1.29, 1.82) is 0 Å². The average Bonchev–Trinajstić information content (AvgIpc) is 3.47. The lowest BCUT2D eigenvalue weighted by Gasteiger charge is -2.31. The van der Waals surface area contributed by atoms with Gasteiger partial charge in [-0.05, 0) is 54.8 Å². The van der Waals surface area contributed by atoms with Gasteiger partial charge in [-0.2, -0.15) is 0 Å². The fourth-order valence-electron chi connectivity index (χ4n) is 7.62. The first-order valence-electron chi connectivity index (χ1n) is 14.8. The molecule has 0 atom stereocenters. The molecule has 198 valence electrons. The number of para-hydroxylation sites is 2. The molecular formula is C40H23BO2. The van der Waals surface area contributed by atoms with Crippen molar-refractivity contribution in [3.63, 3.8) is 0 Å². The summed E-state index contributed by atoms with van der Waals surface area (Å²) in [5.74, 6) is 1.86. The molecule has 9 aromatic rings. The van der Waals surface area contributed by atoms with Crippen molar-refractivity contribution in [1.82, 2.24) is 0 Å². The van der Waals surface area contributed by atoms with Gasteiger partial charge < -0.3 is 9.15 Å². The van der Waals surface area contributed by atoms with Gasteiger partial charge in [-0.1, -0.05) is 133 Å². The molecule has 10 rings (SSSR count). The van der Waals surface area contributed by atoms with Crippen LogP contribution in [0.1, 0.15) is 0 Å². The molecule has 3 heteroatoms. The minimum absolute atomic E-state index is 0.118. The number of hydrogen-bond donors (Lipinski definition) is 0. The predicted octanol–water partition coefficient (Wildman–Crippen LogP) is 8.82. The van der Waals surface area contributed by atoms with E-state index in [-0.39, 0.29) is 6.71 Å². The lowest BCUT2D eigenvalue weighted by molar-refractivity contribution is 0.500. The zero-order chi connectivity index (χ0) is 28.1. The summed E-state index contributed by atoms with van der Waals surface area (Å²) in [5, 5.41) is 11.8. The molecule has 0 N–H and O–H groups in total. The molecule has 2 nitrogen and oxygen atoms in total. The smallest absolute Gasteiger partial charge is 0.257 e.